The van der Waals surface area contributed by atoms with Gasteiger partial charge in [0.1, 0.15) is 11.3 Å². The molecule has 0 unspecified atom stereocenters. The fourth-order valence-electron chi connectivity index (χ4n) is 3.18. The molecule has 7 nitrogen and oxygen atoms in total. The largest absolute Gasteiger partial charge is 0.379 e. The molecule has 3 aromatic rings. The van der Waals surface area contributed by atoms with E-state index in [1.807, 2.05) is 43.3 Å². The quantitative estimate of drug-likeness (QED) is 0.758. The first kappa shape index (κ1) is 16.5. The summed E-state index contributed by atoms with van der Waals surface area (Å²) in [6.07, 6.45) is 2.11. The smallest absolute Gasteiger partial charge is 0.257 e. The zero-order valence-corrected chi connectivity index (χ0v) is 14.3. The molecule has 1 fully saturated rings. The van der Waals surface area contributed by atoms with Gasteiger partial charge in [-0.05, 0) is 6.92 Å². The van der Waals surface area contributed by atoms with Crippen LogP contribution in [0.4, 0.5) is 0 Å². The van der Waals surface area contributed by atoms with Gasteiger partial charge >= 0.3 is 0 Å². The zero-order valence-electron chi connectivity index (χ0n) is 14.3. The minimum atomic E-state index is -0.223. The molecular formula is C19H19N3O4. The highest BCUT2D eigenvalue weighted by atomic mass is 16.5. The number of nitrogens with one attached hydrogen (secondary N) is 1. The zero-order chi connectivity index (χ0) is 17.9. The van der Waals surface area contributed by atoms with Crippen molar-refractivity contribution >= 4 is 5.91 Å². The van der Waals surface area contributed by atoms with Crippen LogP contribution < -0.4 is 5.32 Å². The van der Waals surface area contributed by atoms with Crippen LogP contribution in [-0.4, -0.2) is 35.5 Å². The molecular weight excluding hydrogens is 334 g/mol. The summed E-state index contributed by atoms with van der Waals surface area (Å²) in [5, 5.41) is 10.7. The lowest BCUT2D eigenvalue weighted by molar-refractivity contribution is 0.0924. The average Bonchev–Trinajstić information content (AvgIpc) is 3.38. The summed E-state index contributed by atoms with van der Waals surface area (Å²) in [6.45, 7) is 2.92. The van der Waals surface area contributed by atoms with E-state index in [0.717, 1.165) is 17.0 Å². The molecule has 26 heavy (non-hydrogen) atoms. The number of hydrogen-bond acceptors (Lipinski definition) is 6. The van der Waals surface area contributed by atoms with Gasteiger partial charge < -0.3 is 19.1 Å². The minimum absolute atomic E-state index is 0.105. The van der Waals surface area contributed by atoms with Crippen molar-refractivity contribution < 1.29 is 18.6 Å². The van der Waals surface area contributed by atoms with E-state index in [1.165, 1.54) is 6.20 Å². The Kier molecular flexibility index (Phi) is 4.53. The molecule has 0 aliphatic carbocycles. The maximum absolute atomic E-state index is 12.8. The van der Waals surface area contributed by atoms with Crippen molar-refractivity contribution in [1.29, 1.82) is 0 Å². The van der Waals surface area contributed by atoms with Crippen LogP contribution in [0.1, 0.15) is 21.8 Å². The monoisotopic (exact) mass is 353 g/mol. The Bertz CT molecular complexity index is 887. The molecule has 0 saturated carbocycles. The highest BCUT2D eigenvalue weighted by Gasteiger charge is 2.32. The van der Waals surface area contributed by atoms with Crippen LogP contribution in [0.15, 0.2) is 51.6 Å². The van der Waals surface area contributed by atoms with Gasteiger partial charge in [0.2, 0.25) is 0 Å². The van der Waals surface area contributed by atoms with Crippen molar-refractivity contribution in [2.75, 3.05) is 13.2 Å². The number of carbonyl (C=O) groups excluding carboxylic acids is 1. The van der Waals surface area contributed by atoms with Gasteiger partial charge in [-0.15, -0.1) is 0 Å². The number of carbonyl (C=O) groups is 1. The molecule has 1 aromatic carbocycles. The highest BCUT2D eigenvalue weighted by molar-refractivity contribution is 5.99. The number of ether oxygens (including phenoxy) is 1. The van der Waals surface area contributed by atoms with Crippen LogP contribution in [-0.2, 0) is 11.2 Å². The first-order valence-electron chi connectivity index (χ1n) is 8.51. The highest BCUT2D eigenvalue weighted by Crippen LogP contribution is 2.25. The molecule has 3 heterocycles. The third-order valence-electron chi connectivity index (χ3n) is 4.51. The molecule has 1 aliphatic rings. The second-order valence-electron chi connectivity index (χ2n) is 6.45. The van der Waals surface area contributed by atoms with Gasteiger partial charge in [-0.3, -0.25) is 4.79 Å². The molecule has 0 radical (unpaired) electrons. The number of hydrogen-bond donors (Lipinski definition) is 1. The third-order valence-corrected chi connectivity index (χ3v) is 4.51. The van der Waals surface area contributed by atoms with Gasteiger partial charge in [0.25, 0.3) is 5.91 Å². The predicted octanol–water partition coefficient (Wildman–Crippen LogP) is 2.63. The number of rotatable bonds is 5. The van der Waals surface area contributed by atoms with Gasteiger partial charge in [-0.1, -0.05) is 40.6 Å². The summed E-state index contributed by atoms with van der Waals surface area (Å²) in [5.41, 5.74) is 2.07. The Hall–Kier alpha value is -2.93. The Morgan fingerprint density at radius 2 is 2.08 bits per heavy atom. The molecule has 134 valence electrons. The molecule has 2 aromatic heterocycles. The lowest BCUT2D eigenvalue weighted by Gasteiger charge is -2.17. The van der Waals surface area contributed by atoms with Crippen molar-refractivity contribution in [3.63, 3.8) is 0 Å². The summed E-state index contributed by atoms with van der Waals surface area (Å²) in [6, 6.07) is 11.2. The SMILES string of the molecule is Cc1cc(C[C@@H]2COC[C@@H]2NC(=O)c2cnoc2-c2ccccc2)on1. The first-order chi connectivity index (χ1) is 12.7. The number of aryl methyl sites for hydroxylation is 1. The Labute approximate surface area is 150 Å². The van der Waals surface area contributed by atoms with Gasteiger partial charge in [0, 0.05) is 24.0 Å². The van der Waals surface area contributed by atoms with Crippen molar-refractivity contribution in [2.45, 2.75) is 19.4 Å². The maximum Gasteiger partial charge on any atom is 0.257 e. The molecule has 2 atom stereocenters. The van der Waals surface area contributed by atoms with Crippen molar-refractivity contribution in [2.24, 2.45) is 5.92 Å². The molecule has 0 spiro atoms. The van der Waals surface area contributed by atoms with E-state index in [1.54, 1.807) is 0 Å². The van der Waals surface area contributed by atoms with Gasteiger partial charge in [-0.2, -0.15) is 0 Å². The standard InChI is InChI=1S/C19H19N3O4/c1-12-7-15(25-22-12)8-14-10-24-11-17(14)21-19(23)16-9-20-26-18(16)13-5-3-2-4-6-13/h2-7,9,14,17H,8,10-11H2,1H3,(H,21,23)/t14-,17+/m1/s1. The van der Waals surface area contributed by atoms with Crippen LogP contribution in [0.25, 0.3) is 11.3 Å². The Morgan fingerprint density at radius 1 is 1.23 bits per heavy atom. The molecule has 1 saturated heterocycles. The fraction of sp³-hybridized carbons (Fsp3) is 0.316. The lowest BCUT2D eigenvalue weighted by atomic mass is 9.97. The summed E-state index contributed by atoms with van der Waals surface area (Å²) < 4.78 is 16.1. The Balaban J connectivity index is 1.47. The van der Waals surface area contributed by atoms with Crippen molar-refractivity contribution in [1.82, 2.24) is 15.6 Å². The van der Waals surface area contributed by atoms with E-state index in [-0.39, 0.29) is 17.9 Å². The number of aromatic nitrogens is 2. The van der Waals surface area contributed by atoms with E-state index in [4.69, 9.17) is 13.8 Å². The van der Waals surface area contributed by atoms with E-state index >= 15 is 0 Å². The van der Waals surface area contributed by atoms with E-state index in [0.29, 0.717) is 31.0 Å². The second-order valence-corrected chi connectivity index (χ2v) is 6.45. The van der Waals surface area contributed by atoms with E-state index in [2.05, 4.69) is 15.6 Å². The van der Waals surface area contributed by atoms with Crippen LogP contribution in [0.2, 0.25) is 0 Å². The van der Waals surface area contributed by atoms with Crippen LogP contribution in [0.3, 0.4) is 0 Å². The average molecular weight is 353 g/mol. The van der Waals surface area contributed by atoms with Crippen LogP contribution in [0, 0.1) is 12.8 Å². The molecule has 1 amide bonds. The number of amides is 1. The minimum Gasteiger partial charge on any atom is -0.379 e. The van der Waals surface area contributed by atoms with Gasteiger partial charge in [-0.25, -0.2) is 0 Å². The van der Waals surface area contributed by atoms with E-state index in [9.17, 15) is 4.79 Å². The normalized spacial score (nSPS) is 19.6. The second kappa shape index (κ2) is 7.13. The number of benzene rings is 1. The summed E-state index contributed by atoms with van der Waals surface area (Å²) in [7, 11) is 0. The first-order valence-corrected chi connectivity index (χ1v) is 8.51. The van der Waals surface area contributed by atoms with Crippen molar-refractivity contribution in [3.05, 3.63) is 59.6 Å². The summed E-state index contributed by atoms with van der Waals surface area (Å²) in [4.78, 5) is 12.8. The molecule has 1 N–H and O–H groups in total. The predicted molar refractivity (Wildman–Crippen MR) is 92.4 cm³/mol. The summed E-state index contributed by atoms with van der Waals surface area (Å²) in [5.74, 6) is 1.17. The molecule has 7 heteroatoms. The summed E-state index contributed by atoms with van der Waals surface area (Å²) >= 11 is 0. The third kappa shape index (κ3) is 3.39. The Morgan fingerprint density at radius 3 is 2.85 bits per heavy atom. The molecule has 0 bridgehead atoms. The van der Waals surface area contributed by atoms with Crippen molar-refractivity contribution in [3.8, 4) is 11.3 Å². The fourth-order valence-corrected chi connectivity index (χ4v) is 3.18. The van der Waals surface area contributed by atoms with Crippen LogP contribution >= 0.6 is 0 Å². The molecule has 1 aliphatic heterocycles. The lowest BCUT2D eigenvalue weighted by Crippen LogP contribution is -2.40. The number of nitrogens with zero attached hydrogens (tertiary/aromatic N) is 2. The topological polar surface area (TPSA) is 90.4 Å². The molecule has 4 rings (SSSR count). The van der Waals surface area contributed by atoms with Gasteiger partial charge in [0.05, 0.1) is 31.1 Å². The van der Waals surface area contributed by atoms with Gasteiger partial charge in [0.15, 0.2) is 5.76 Å². The maximum atomic E-state index is 12.8. The van der Waals surface area contributed by atoms with E-state index < -0.39 is 0 Å². The van der Waals surface area contributed by atoms with Crippen LogP contribution in [0.5, 0.6) is 0 Å².